The predicted octanol–water partition coefficient (Wildman–Crippen LogP) is 2.73. The van der Waals surface area contributed by atoms with Crippen LogP contribution < -0.4 is 10.6 Å². The van der Waals surface area contributed by atoms with E-state index in [0.717, 1.165) is 5.56 Å². The van der Waals surface area contributed by atoms with E-state index >= 15 is 0 Å². The first kappa shape index (κ1) is 23.4. The van der Waals surface area contributed by atoms with Gasteiger partial charge in [-0.2, -0.15) is 0 Å². The number of sulfonamides is 1. The summed E-state index contributed by atoms with van der Waals surface area (Å²) < 4.78 is 26.1. The van der Waals surface area contributed by atoms with Crippen LogP contribution in [0.4, 0.5) is 0 Å². The van der Waals surface area contributed by atoms with Crippen molar-refractivity contribution in [1.82, 2.24) is 14.9 Å². The first-order chi connectivity index (χ1) is 12.3. The first-order valence-corrected chi connectivity index (χ1v) is 9.79. The third-order valence-electron chi connectivity index (χ3n) is 3.98. The number of halogens is 1. The summed E-state index contributed by atoms with van der Waals surface area (Å²) in [5.74, 6) is 0.614. The molecule has 2 aromatic rings. The summed E-state index contributed by atoms with van der Waals surface area (Å²) in [6.45, 7) is 3.05. The molecule has 0 aromatic heterocycles. The molecule has 2 aromatic carbocycles. The third kappa shape index (κ3) is 6.47. The van der Waals surface area contributed by atoms with E-state index in [1.54, 1.807) is 25.2 Å². The highest BCUT2D eigenvalue weighted by molar-refractivity contribution is 14.0. The van der Waals surface area contributed by atoms with Crippen LogP contribution in [0.2, 0.25) is 0 Å². The van der Waals surface area contributed by atoms with Gasteiger partial charge >= 0.3 is 0 Å². The lowest BCUT2D eigenvalue weighted by Gasteiger charge is -2.17. The Balaban J connectivity index is 0.00000364. The minimum atomic E-state index is -3.49. The zero-order chi connectivity index (χ0) is 19.2. The molecule has 0 unspecified atom stereocenters. The van der Waals surface area contributed by atoms with Crippen molar-refractivity contribution in [1.29, 1.82) is 0 Å². The van der Waals surface area contributed by atoms with Gasteiger partial charge in [0, 0.05) is 34.2 Å². The highest BCUT2D eigenvalue weighted by Gasteiger charge is 2.20. The van der Waals surface area contributed by atoms with Crippen LogP contribution in [-0.2, 0) is 23.1 Å². The molecule has 0 saturated heterocycles. The van der Waals surface area contributed by atoms with Crippen LogP contribution in [0.1, 0.15) is 16.7 Å². The van der Waals surface area contributed by atoms with Crippen molar-refractivity contribution in [3.8, 4) is 0 Å². The van der Waals surface area contributed by atoms with Gasteiger partial charge in [0.1, 0.15) is 0 Å². The van der Waals surface area contributed by atoms with Gasteiger partial charge < -0.3 is 10.6 Å². The summed E-state index contributed by atoms with van der Waals surface area (Å²) >= 11 is 0. The van der Waals surface area contributed by atoms with Crippen molar-refractivity contribution in [2.75, 3.05) is 21.1 Å². The summed E-state index contributed by atoms with van der Waals surface area (Å²) in [6.07, 6.45) is 0. The van der Waals surface area contributed by atoms with E-state index in [4.69, 9.17) is 0 Å². The Morgan fingerprint density at radius 3 is 2.19 bits per heavy atom. The molecule has 0 aliphatic heterocycles. The SMILES string of the molecule is CN=C(NCc1ccc(C)cc1)NCc1ccccc1S(=O)(=O)N(C)C.I. The van der Waals surface area contributed by atoms with Gasteiger partial charge in [0.15, 0.2) is 5.96 Å². The van der Waals surface area contributed by atoms with Crippen molar-refractivity contribution < 1.29 is 8.42 Å². The monoisotopic (exact) mass is 502 g/mol. The molecule has 0 fully saturated rings. The second-order valence-electron chi connectivity index (χ2n) is 6.16. The topological polar surface area (TPSA) is 73.8 Å². The number of hydrogen-bond acceptors (Lipinski definition) is 3. The van der Waals surface area contributed by atoms with Crippen LogP contribution >= 0.6 is 24.0 Å². The number of aryl methyl sites for hydroxylation is 1. The van der Waals surface area contributed by atoms with E-state index in [2.05, 4.69) is 46.8 Å². The molecule has 0 saturated carbocycles. The molecule has 0 bridgehead atoms. The van der Waals surface area contributed by atoms with Crippen molar-refractivity contribution in [2.45, 2.75) is 24.9 Å². The highest BCUT2D eigenvalue weighted by Crippen LogP contribution is 2.18. The van der Waals surface area contributed by atoms with Crippen molar-refractivity contribution in [3.05, 3.63) is 65.2 Å². The molecule has 0 aliphatic rings. The Labute approximate surface area is 179 Å². The van der Waals surface area contributed by atoms with E-state index in [9.17, 15) is 8.42 Å². The Morgan fingerprint density at radius 2 is 1.59 bits per heavy atom. The molecule has 27 heavy (non-hydrogen) atoms. The van der Waals surface area contributed by atoms with Gasteiger partial charge in [-0.05, 0) is 24.1 Å². The summed E-state index contributed by atoms with van der Waals surface area (Å²) in [5, 5.41) is 6.41. The zero-order valence-corrected chi connectivity index (χ0v) is 19.2. The first-order valence-electron chi connectivity index (χ1n) is 8.35. The molecule has 2 rings (SSSR count). The molecular formula is C19H27IN4O2S. The number of nitrogens with zero attached hydrogens (tertiary/aromatic N) is 2. The fourth-order valence-corrected chi connectivity index (χ4v) is 3.50. The van der Waals surface area contributed by atoms with E-state index in [1.807, 2.05) is 6.07 Å². The van der Waals surface area contributed by atoms with Gasteiger partial charge in [0.05, 0.1) is 4.90 Å². The van der Waals surface area contributed by atoms with Crippen LogP contribution in [0.3, 0.4) is 0 Å². The maximum Gasteiger partial charge on any atom is 0.242 e. The van der Waals surface area contributed by atoms with Crippen molar-refractivity contribution in [2.24, 2.45) is 4.99 Å². The number of benzene rings is 2. The Kier molecular flexibility index (Phi) is 9.20. The number of hydrogen-bond donors (Lipinski definition) is 2. The summed E-state index contributed by atoms with van der Waals surface area (Å²) in [4.78, 5) is 4.49. The lowest BCUT2D eigenvalue weighted by molar-refractivity contribution is 0.519. The van der Waals surface area contributed by atoms with Gasteiger partial charge in [-0.25, -0.2) is 12.7 Å². The molecule has 0 atom stereocenters. The normalized spacial score (nSPS) is 11.8. The van der Waals surface area contributed by atoms with Crippen LogP contribution in [0, 0.1) is 6.92 Å². The standard InChI is InChI=1S/C19H26N4O2S.HI/c1-15-9-11-16(12-10-15)13-21-19(20-2)22-14-17-7-5-6-8-18(17)26(24,25)23(3)4;/h5-12H,13-14H2,1-4H3,(H2,20,21,22);1H. The lowest BCUT2D eigenvalue weighted by atomic mass is 10.1. The highest BCUT2D eigenvalue weighted by atomic mass is 127. The Hall–Kier alpha value is -1.65. The number of nitrogens with one attached hydrogen (secondary N) is 2. The van der Waals surface area contributed by atoms with Gasteiger partial charge in [-0.3, -0.25) is 4.99 Å². The van der Waals surface area contributed by atoms with Crippen LogP contribution in [0.5, 0.6) is 0 Å². The van der Waals surface area contributed by atoms with Crippen LogP contribution in [-0.4, -0.2) is 39.8 Å². The molecule has 6 nitrogen and oxygen atoms in total. The quantitative estimate of drug-likeness (QED) is 0.362. The average molecular weight is 502 g/mol. The number of rotatable bonds is 6. The van der Waals surface area contributed by atoms with Gasteiger partial charge in [-0.1, -0.05) is 48.0 Å². The van der Waals surface area contributed by atoms with Gasteiger partial charge in [0.2, 0.25) is 10.0 Å². The molecule has 0 amide bonds. The van der Waals surface area contributed by atoms with E-state index in [-0.39, 0.29) is 24.0 Å². The average Bonchev–Trinajstić information content (AvgIpc) is 2.63. The van der Waals surface area contributed by atoms with Crippen molar-refractivity contribution >= 4 is 40.0 Å². The molecule has 0 radical (unpaired) electrons. The van der Waals surface area contributed by atoms with Crippen molar-refractivity contribution in [3.63, 3.8) is 0 Å². The van der Waals surface area contributed by atoms with E-state index in [1.165, 1.54) is 24.0 Å². The summed E-state index contributed by atoms with van der Waals surface area (Å²) in [5.41, 5.74) is 3.06. The fourth-order valence-electron chi connectivity index (χ4n) is 2.39. The largest absolute Gasteiger partial charge is 0.352 e. The van der Waals surface area contributed by atoms with E-state index < -0.39 is 10.0 Å². The van der Waals surface area contributed by atoms with Crippen LogP contribution in [0.15, 0.2) is 58.4 Å². The van der Waals surface area contributed by atoms with Gasteiger partial charge in [-0.15, -0.1) is 24.0 Å². The van der Waals surface area contributed by atoms with Gasteiger partial charge in [0.25, 0.3) is 0 Å². The number of aliphatic imine (C=N–C) groups is 1. The summed E-state index contributed by atoms with van der Waals surface area (Å²) in [6, 6.07) is 15.2. The molecule has 8 heteroatoms. The minimum Gasteiger partial charge on any atom is -0.352 e. The molecule has 0 aliphatic carbocycles. The minimum absolute atomic E-state index is 0. The van der Waals surface area contributed by atoms with Crippen LogP contribution in [0.25, 0.3) is 0 Å². The lowest BCUT2D eigenvalue weighted by Crippen LogP contribution is -2.36. The molecule has 148 valence electrons. The molecule has 2 N–H and O–H groups in total. The Bertz CT molecular complexity index is 866. The maximum atomic E-state index is 12.5. The smallest absolute Gasteiger partial charge is 0.242 e. The third-order valence-corrected chi connectivity index (χ3v) is 5.90. The maximum absolute atomic E-state index is 12.5. The predicted molar refractivity (Wildman–Crippen MR) is 121 cm³/mol. The molecule has 0 heterocycles. The summed E-state index contributed by atoms with van der Waals surface area (Å²) in [7, 11) is 1.26. The Morgan fingerprint density at radius 1 is 1.00 bits per heavy atom. The molecular weight excluding hydrogens is 475 g/mol. The molecule has 0 spiro atoms. The number of guanidine groups is 1. The fraction of sp³-hybridized carbons (Fsp3) is 0.316. The van der Waals surface area contributed by atoms with E-state index in [0.29, 0.717) is 29.5 Å². The second-order valence-corrected chi connectivity index (χ2v) is 8.28. The second kappa shape index (κ2) is 10.6. The zero-order valence-electron chi connectivity index (χ0n) is 16.1.